The van der Waals surface area contributed by atoms with Crippen molar-refractivity contribution in [3.8, 4) is 11.4 Å². The van der Waals surface area contributed by atoms with E-state index in [9.17, 15) is 12.8 Å². The van der Waals surface area contributed by atoms with Crippen LogP contribution in [0.5, 0.6) is 0 Å². The molecule has 0 bridgehead atoms. The number of pyridine rings is 1. The van der Waals surface area contributed by atoms with E-state index in [-0.39, 0.29) is 35.7 Å². The minimum absolute atomic E-state index is 0.0597. The molecule has 1 unspecified atom stereocenters. The van der Waals surface area contributed by atoms with Gasteiger partial charge in [0.2, 0.25) is 10.0 Å². The van der Waals surface area contributed by atoms with E-state index in [0.717, 1.165) is 35.9 Å². The second-order valence-electron chi connectivity index (χ2n) is 9.65. The number of aromatic nitrogens is 4. The average molecular weight is 531 g/mol. The highest BCUT2D eigenvalue weighted by atomic mass is 35.5. The highest BCUT2D eigenvalue weighted by molar-refractivity contribution is 7.91. The van der Waals surface area contributed by atoms with Crippen LogP contribution in [0.2, 0.25) is 0 Å². The normalized spacial score (nSPS) is 24.6. The number of allylic oxidation sites excluding steroid dienone is 3. The van der Waals surface area contributed by atoms with Crippen LogP contribution < -0.4 is 11.1 Å². The molecule has 3 aromatic rings. The van der Waals surface area contributed by atoms with Crippen molar-refractivity contribution in [1.29, 1.82) is 0 Å². The first kappa shape index (κ1) is 24.9. The maximum atomic E-state index is 14.6. The van der Waals surface area contributed by atoms with Crippen molar-refractivity contribution in [2.45, 2.75) is 49.8 Å². The minimum atomic E-state index is -3.97. The van der Waals surface area contributed by atoms with E-state index in [4.69, 9.17) is 17.3 Å². The van der Waals surface area contributed by atoms with E-state index in [0.29, 0.717) is 22.5 Å². The van der Waals surface area contributed by atoms with Crippen LogP contribution in [0, 0.1) is 11.7 Å². The van der Waals surface area contributed by atoms with Crippen molar-refractivity contribution in [3.63, 3.8) is 0 Å². The highest BCUT2D eigenvalue weighted by Gasteiger charge is 2.40. The van der Waals surface area contributed by atoms with Crippen LogP contribution in [-0.4, -0.2) is 44.7 Å². The third-order valence-corrected chi connectivity index (χ3v) is 9.60. The first-order valence-corrected chi connectivity index (χ1v) is 13.8. The standard InChI is InChI=1S/C25H28ClFN6O2S/c1-25(10-4-7-17(26)12-25)36(34,35)33-15-19(18-8-5-11-29-24(18)33)22-31-14-20(27)23(32-22)30-13-16-6-2-3-9-21(16)28/h4-5,7-8,11-12,14-16,21H,2-3,6,9-10,13,28H2,1H3,(H,30,31,32)/t16-,21+,25?/m0/s1. The van der Waals surface area contributed by atoms with Gasteiger partial charge in [0.15, 0.2) is 23.1 Å². The molecule has 0 aromatic carbocycles. The maximum absolute atomic E-state index is 14.6. The van der Waals surface area contributed by atoms with Crippen LogP contribution in [0.15, 0.2) is 54.0 Å². The molecule has 8 nitrogen and oxygen atoms in total. The predicted molar refractivity (Wildman–Crippen MR) is 140 cm³/mol. The lowest BCUT2D eigenvalue weighted by Crippen LogP contribution is -2.38. The van der Waals surface area contributed by atoms with Crippen molar-refractivity contribution in [1.82, 2.24) is 18.9 Å². The van der Waals surface area contributed by atoms with Crippen LogP contribution in [0.25, 0.3) is 22.4 Å². The zero-order chi connectivity index (χ0) is 25.5. The van der Waals surface area contributed by atoms with E-state index >= 15 is 0 Å². The molecule has 0 aliphatic heterocycles. The van der Waals surface area contributed by atoms with Crippen molar-refractivity contribution in [2.75, 3.05) is 11.9 Å². The summed E-state index contributed by atoms with van der Waals surface area (Å²) in [4.78, 5) is 12.9. The van der Waals surface area contributed by atoms with Gasteiger partial charge in [0.25, 0.3) is 0 Å². The number of nitrogens with zero attached hydrogens (tertiary/aromatic N) is 4. The first-order valence-electron chi connectivity index (χ1n) is 12.0. The Morgan fingerprint density at radius 1 is 1.31 bits per heavy atom. The Hall–Kier alpha value is -2.82. The molecule has 3 N–H and O–H groups in total. The lowest BCUT2D eigenvalue weighted by Gasteiger charge is -2.28. The van der Waals surface area contributed by atoms with Gasteiger partial charge in [0.1, 0.15) is 4.75 Å². The van der Waals surface area contributed by atoms with Gasteiger partial charge in [0, 0.05) is 41.0 Å². The van der Waals surface area contributed by atoms with Crippen molar-refractivity contribution >= 4 is 38.5 Å². The van der Waals surface area contributed by atoms with Crippen LogP contribution in [0.3, 0.4) is 0 Å². The van der Waals surface area contributed by atoms with Gasteiger partial charge in [-0.1, -0.05) is 30.5 Å². The summed E-state index contributed by atoms with van der Waals surface area (Å²) in [7, 11) is -3.97. The molecule has 0 saturated heterocycles. The van der Waals surface area contributed by atoms with Gasteiger partial charge >= 0.3 is 0 Å². The Morgan fingerprint density at radius 2 is 2.11 bits per heavy atom. The largest absolute Gasteiger partial charge is 0.367 e. The molecule has 2 aliphatic carbocycles. The van der Waals surface area contributed by atoms with Gasteiger partial charge in [0.05, 0.1) is 6.20 Å². The summed E-state index contributed by atoms with van der Waals surface area (Å²) >= 11 is 6.16. The van der Waals surface area contributed by atoms with Crippen molar-refractivity contribution < 1.29 is 12.8 Å². The van der Waals surface area contributed by atoms with Gasteiger partial charge in [-0.2, -0.15) is 0 Å². The van der Waals surface area contributed by atoms with E-state index in [1.54, 1.807) is 31.2 Å². The molecule has 1 saturated carbocycles. The Bertz CT molecular complexity index is 1470. The molecule has 0 spiro atoms. The maximum Gasteiger partial charge on any atom is 0.249 e. The monoisotopic (exact) mass is 530 g/mol. The Balaban J connectivity index is 1.54. The number of anilines is 1. The summed E-state index contributed by atoms with van der Waals surface area (Å²) in [6, 6.07) is 3.53. The Labute approximate surface area is 214 Å². The third kappa shape index (κ3) is 4.42. The van der Waals surface area contributed by atoms with Crippen molar-refractivity contribution in [3.05, 3.63) is 59.8 Å². The quantitative estimate of drug-likeness (QED) is 0.479. The van der Waals surface area contributed by atoms with Gasteiger partial charge in [-0.05, 0) is 56.4 Å². The van der Waals surface area contributed by atoms with E-state index < -0.39 is 20.6 Å². The lowest BCUT2D eigenvalue weighted by molar-refractivity contribution is 0.321. The number of hydrogen-bond donors (Lipinski definition) is 2. The Kier molecular flexibility index (Phi) is 6.61. The van der Waals surface area contributed by atoms with E-state index in [1.807, 2.05) is 0 Å². The van der Waals surface area contributed by atoms with Crippen LogP contribution in [0.4, 0.5) is 10.2 Å². The summed E-state index contributed by atoms with van der Waals surface area (Å²) in [5, 5.41) is 3.99. The predicted octanol–water partition coefficient (Wildman–Crippen LogP) is 4.58. The van der Waals surface area contributed by atoms with Gasteiger partial charge < -0.3 is 11.1 Å². The molecule has 0 amide bonds. The Morgan fingerprint density at radius 3 is 2.89 bits per heavy atom. The fourth-order valence-electron chi connectivity index (χ4n) is 4.94. The van der Waals surface area contributed by atoms with Gasteiger partial charge in [-0.3, -0.25) is 0 Å². The second-order valence-corrected chi connectivity index (χ2v) is 12.4. The van der Waals surface area contributed by atoms with E-state index in [1.165, 1.54) is 18.5 Å². The van der Waals surface area contributed by atoms with Gasteiger partial charge in [-0.15, -0.1) is 0 Å². The summed E-state index contributed by atoms with van der Waals surface area (Å²) in [6.45, 7) is 2.13. The smallest absolute Gasteiger partial charge is 0.249 e. The molecule has 0 radical (unpaired) electrons. The fourth-order valence-corrected chi connectivity index (χ4v) is 6.98. The number of rotatable bonds is 6. The molecular formula is C25H28ClFN6O2S. The molecule has 36 heavy (non-hydrogen) atoms. The molecule has 1 fully saturated rings. The molecule has 3 aromatic heterocycles. The number of fused-ring (bicyclic) bond motifs is 1. The molecule has 190 valence electrons. The van der Waals surface area contributed by atoms with Crippen LogP contribution >= 0.6 is 11.6 Å². The van der Waals surface area contributed by atoms with Crippen LogP contribution in [-0.2, 0) is 10.0 Å². The first-order chi connectivity index (χ1) is 17.2. The third-order valence-electron chi connectivity index (χ3n) is 7.11. The minimum Gasteiger partial charge on any atom is -0.367 e. The summed E-state index contributed by atoms with van der Waals surface area (Å²) in [6.07, 6.45) is 13.4. The summed E-state index contributed by atoms with van der Waals surface area (Å²) in [5.74, 6) is -0.0949. The number of nitrogens with one attached hydrogen (secondary N) is 1. The summed E-state index contributed by atoms with van der Waals surface area (Å²) in [5.41, 5.74) is 6.91. The van der Waals surface area contributed by atoms with Crippen molar-refractivity contribution in [2.24, 2.45) is 11.7 Å². The second kappa shape index (κ2) is 9.57. The number of nitrogens with two attached hydrogens (primary N) is 1. The lowest BCUT2D eigenvalue weighted by atomic mass is 9.85. The van der Waals surface area contributed by atoms with E-state index in [2.05, 4.69) is 20.3 Å². The zero-order valence-electron chi connectivity index (χ0n) is 19.9. The summed E-state index contributed by atoms with van der Waals surface area (Å²) < 4.78 is 42.1. The fraction of sp³-hybridized carbons (Fsp3) is 0.400. The van der Waals surface area contributed by atoms with Crippen LogP contribution in [0.1, 0.15) is 39.0 Å². The molecule has 5 rings (SSSR count). The highest BCUT2D eigenvalue weighted by Crippen LogP contribution is 2.36. The zero-order valence-corrected chi connectivity index (χ0v) is 21.4. The number of hydrogen-bond acceptors (Lipinski definition) is 7. The molecular weight excluding hydrogens is 503 g/mol. The molecule has 3 atom stereocenters. The topological polar surface area (TPSA) is 116 Å². The molecule has 2 aliphatic rings. The number of halogens is 2. The average Bonchev–Trinajstić information content (AvgIpc) is 3.25. The molecule has 3 heterocycles. The van der Waals surface area contributed by atoms with Gasteiger partial charge in [-0.25, -0.2) is 31.7 Å². The SMILES string of the molecule is CC1(S(=O)(=O)n2cc(-c3ncc(F)c(NC[C@@H]4CCCC[C@H]4N)n3)c3cccnc32)C=C(Cl)C=CC1. The molecule has 11 heteroatoms.